The van der Waals surface area contributed by atoms with Crippen LogP contribution in [0.4, 0.5) is 19.0 Å². The van der Waals surface area contributed by atoms with Crippen LogP contribution < -0.4 is 10.1 Å². The highest BCUT2D eigenvalue weighted by atomic mass is 32.1. The first-order valence-electron chi connectivity index (χ1n) is 8.58. The molecule has 148 valence electrons. The van der Waals surface area contributed by atoms with E-state index in [1.165, 1.54) is 29.9 Å². The number of benzene rings is 1. The van der Waals surface area contributed by atoms with Crippen molar-refractivity contribution >= 4 is 27.5 Å². The van der Waals surface area contributed by atoms with Gasteiger partial charge in [0, 0.05) is 12.7 Å². The van der Waals surface area contributed by atoms with E-state index in [9.17, 15) is 13.2 Å². The smallest absolute Gasteiger partial charge is 0.421 e. The van der Waals surface area contributed by atoms with Gasteiger partial charge in [-0.05, 0) is 36.2 Å². The Hall–Kier alpha value is -3.27. The molecule has 1 aromatic carbocycles. The minimum Gasteiger partial charge on any atom is -0.438 e. The number of thiazole rings is 1. The fraction of sp³-hybridized carbons (Fsp3) is 0.158. The largest absolute Gasteiger partial charge is 0.438 e. The van der Waals surface area contributed by atoms with Crippen LogP contribution in [0, 0.1) is 0 Å². The summed E-state index contributed by atoms with van der Waals surface area (Å²) < 4.78 is 44.4. The van der Waals surface area contributed by atoms with Crippen molar-refractivity contribution in [3.05, 3.63) is 65.6 Å². The van der Waals surface area contributed by atoms with Crippen LogP contribution in [0.1, 0.15) is 11.1 Å². The highest BCUT2D eigenvalue weighted by Gasteiger charge is 2.35. The van der Waals surface area contributed by atoms with Crippen LogP contribution in [0.3, 0.4) is 0 Å². The van der Waals surface area contributed by atoms with E-state index >= 15 is 0 Å². The molecule has 4 aromatic rings. The lowest BCUT2D eigenvalue weighted by Gasteiger charge is -2.12. The van der Waals surface area contributed by atoms with Gasteiger partial charge in [0.1, 0.15) is 28.0 Å². The fourth-order valence-electron chi connectivity index (χ4n) is 2.67. The molecule has 0 amide bonds. The van der Waals surface area contributed by atoms with Crippen LogP contribution in [0.5, 0.6) is 11.6 Å². The van der Waals surface area contributed by atoms with Crippen LogP contribution in [-0.2, 0) is 12.6 Å². The Morgan fingerprint density at radius 3 is 2.62 bits per heavy atom. The Morgan fingerprint density at radius 1 is 1.00 bits per heavy atom. The number of alkyl halides is 3. The van der Waals surface area contributed by atoms with Crippen molar-refractivity contribution < 1.29 is 17.9 Å². The molecule has 0 spiro atoms. The first kappa shape index (κ1) is 19.1. The summed E-state index contributed by atoms with van der Waals surface area (Å²) in [5, 5.41) is 3.23. The van der Waals surface area contributed by atoms with Crippen LogP contribution in [-0.4, -0.2) is 26.5 Å². The molecular weight excluding hydrogens is 403 g/mol. The maximum atomic E-state index is 13.0. The van der Waals surface area contributed by atoms with Crippen molar-refractivity contribution in [3.8, 4) is 11.6 Å². The average Bonchev–Trinajstić information content (AvgIpc) is 3.19. The molecule has 3 aromatic heterocycles. The normalized spacial score (nSPS) is 11.6. The maximum absolute atomic E-state index is 13.0. The van der Waals surface area contributed by atoms with Gasteiger partial charge in [0.15, 0.2) is 5.82 Å². The van der Waals surface area contributed by atoms with Gasteiger partial charge in [0.2, 0.25) is 5.88 Å². The molecule has 4 rings (SSSR count). The van der Waals surface area contributed by atoms with Gasteiger partial charge in [-0.15, -0.1) is 11.3 Å². The van der Waals surface area contributed by atoms with Gasteiger partial charge in [0.25, 0.3) is 0 Å². The molecule has 6 nitrogen and oxygen atoms in total. The van der Waals surface area contributed by atoms with Gasteiger partial charge in [0.05, 0.1) is 5.51 Å². The van der Waals surface area contributed by atoms with Crippen LogP contribution in [0.15, 0.2) is 54.4 Å². The first-order chi connectivity index (χ1) is 14.0. The van der Waals surface area contributed by atoms with Crippen LogP contribution in [0.2, 0.25) is 0 Å². The van der Waals surface area contributed by atoms with E-state index in [0.29, 0.717) is 18.8 Å². The molecular formula is C19H14F3N5OS. The van der Waals surface area contributed by atoms with E-state index in [-0.39, 0.29) is 5.75 Å². The minimum absolute atomic E-state index is 0.283. The quantitative estimate of drug-likeness (QED) is 0.479. The van der Waals surface area contributed by atoms with Crippen LogP contribution >= 0.6 is 11.3 Å². The van der Waals surface area contributed by atoms with Gasteiger partial charge in [-0.1, -0.05) is 12.1 Å². The topological polar surface area (TPSA) is 72.8 Å². The zero-order valence-electron chi connectivity index (χ0n) is 14.8. The number of rotatable bonds is 6. The summed E-state index contributed by atoms with van der Waals surface area (Å²) in [6.45, 7) is 0.613. The second-order valence-electron chi connectivity index (χ2n) is 6.01. The average molecular weight is 417 g/mol. The zero-order valence-corrected chi connectivity index (χ0v) is 15.7. The Balaban J connectivity index is 1.38. The molecule has 0 bridgehead atoms. The summed E-state index contributed by atoms with van der Waals surface area (Å²) in [6, 6.07) is 9.00. The van der Waals surface area contributed by atoms with Gasteiger partial charge in [-0.25, -0.2) is 19.9 Å². The van der Waals surface area contributed by atoms with Gasteiger partial charge < -0.3 is 10.1 Å². The van der Waals surface area contributed by atoms with Gasteiger partial charge in [-0.2, -0.15) is 13.2 Å². The van der Waals surface area contributed by atoms with Crippen LogP contribution in [0.25, 0.3) is 10.3 Å². The lowest BCUT2D eigenvalue weighted by Crippen LogP contribution is -2.08. The molecule has 0 unspecified atom stereocenters. The second-order valence-corrected chi connectivity index (χ2v) is 6.84. The third kappa shape index (κ3) is 4.43. The molecule has 0 aliphatic heterocycles. The molecule has 0 radical (unpaired) electrons. The van der Waals surface area contributed by atoms with E-state index in [1.807, 2.05) is 0 Å². The number of fused-ring (bicyclic) bond motifs is 1. The Bertz CT molecular complexity index is 1110. The molecule has 0 aliphatic rings. The predicted octanol–water partition coefficient (Wildman–Crippen LogP) is 4.95. The zero-order chi connectivity index (χ0) is 20.3. The monoisotopic (exact) mass is 417 g/mol. The predicted molar refractivity (Wildman–Crippen MR) is 103 cm³/mol. The number of nitrogens with zero attached hydrogens (tertiary/aromatic N) is 4. The van der Waals surface area contributed by atoms with Crippen molar-refractivity contribution in [2.75, 3.05) is 11.9 Å². The number of hydrogen-bond acceptors (Lipinski definition) is 7. The first-order valence-corrected chi connectivity index (χ1v) is 9.46. The van der Waals surface area contributed by atoms with Gasteiger partial charge >= 0.3 is 6.18 Å². The number of ether oxygens (including phenoxy) is 1. The Kier molecular flexibility index (Phi) is 5.26. The molecule has 1 N–H and O–H groups in total. The summed E-state index contributed by atoms with van der Waals surface area (Å²) in [7, 11) is 0. The molecule has 10 heteroatoms. The fourth-order valence-corrected chi connectivity index (χ4v) is 3.30. The van der Waals surface area contributed by atoms with E-state index in [4.69, 9.17) is 4.74 Å². The van der Waals surface area contributed by atoms with Crippen molar-refractivity contribution in [2.24, 2.45) is 0 Å². The second kappa shape index (κ2) is 8.00. The molecule has 0 fully saturated rings. The summed E-state index contributed by atoms with van der Waals surface area (Å²) >= 11 is 1.44. The molecule has 0 aliphatic carbocycles. The van der Waals surface area contributed by atoms with Crippen molar-refractivity contribution in [1.29, 1.82) is 0 Å². The van der Waals surface area contributed by atoms with E-state index in [2.05, 4.69) is 25.3 Å². The number of halogens is 3. The van der Waals surface area contributed by atoms with E-state index in [1.54, 1.807) is 29.8 Å². The molecule has 0 saturated heterocycles. The number of pyridine rings is 1. The maximum Gasteiger partial charge on any atom is 0.421 e. The molecule has 0 saturated carbocycles. The standard InChI is InChI=1S/C19H14F3N5OS/c20-19(21,22)14-2-1-8-24-17(14)28-13-5-3-12(4-6-13)7-9-23-16-15-18(26-10-25-16)29-11-27-15/h1-6,8,10-11H,7,9H2,(H,23,25,26). The number of anilines is 1. The SMILES string of the molecule is FC(F)(F)c1cccnc1Oc1ccc(CCNc2ncnc3scnc23)cc1. The third-order valence-electron chi connectivity index (χ3n) is 4.06. The highest BCUT2D eigenvalue weighted by molar-refractivity contribution is 7.16. The van der Waals surface area contributed by atoms with E-state index < -0.39 is 17.6 Å². The van der Waals surface area contributed by atoms with Crippen molar-refractivity contribution in [2.45, 2.75) is 12.6 Å². The van der Waals surface area contributed by atoms with Crippen molar-refractivity contribution in [1.82, 2.24) is 19.9 Å². The molecule has 0 atom stereocenters. The summed E-state index contributed by atoms with van der Waals surface area (Å²) in [6.07, 6.45) is -1.09. The lowest BCUT2D eigenvalue weighted by atomic mass is 10.1. The third-order valence-corrected chi connectivity index (χ3v) is 4.79. The molecule has 29 heavy (non-hydrogen) atoms. The highest BCUT2D eigenvalue weighted by Crippen LogP contribution is 2.36. The minimum atomic E-state index is -4.53. The number of nitrogens with one attached hydrogen (secondary N) is 1. The Morgan fingerprint density at radius 2 is 1.83 bits per heavy atom. The molecule has 3 heterocycles. The summed E-state index contributed by atoms with van der Waals surface area (Å²) in [5.41, 5.74) is 2.53. The van der Waals surface area contributed by atoms with E-state index in [0.717, 1.165) is 22.0 Å². The van der Waals surface area contributed by atoms with Gasteiger partial charge in [-0.3, -0.25) is 0 Å². The number of hydrogen-bond donors (Lipinski definition) is 1. The number of aromatic nitrogens is 4. The van der Waals surface area contributed by atoms with Crippen molar-refractivity contribution in [3.63, 3.8) is 0 Å². The Labute approximate surface area is 167 Å². The lowest BCUT2D eigenvalue weighted by molar-refractivity contribution is -0.138. The summed E-state index contributed by atoms with van der Waals surface area (Å²) in [4.78, 5) is 17.1. The summed E-state index contributed by atoms with van der Waals surface area (Å²) in [5.74, 6) is 0.488.